The highest BCUT2D eigenvalue weighted by Crippen LogP contribution is 2.26. The van der Waals surface area contributed by atoms with Crippen molar-refractivity contribution in [2.24, 2.45) is 0 Å². The number of allylic oxidation sites excluding steroid dienone is 6. The number of nitrogens with zero attached hydrogens (tertiary/aromatic N) is 2. The van der Waals surface area contributed by atoms with Gasteiger partial charge >= 0.3 is 0 Å². The maximum Gasteiger partial charge on any atom is 0.185 e. The van der Waals surface area contributed by atoms with Gasteiger partial charge in [-0.25, -0.2) is 0 Å². The Kier molecular flexibility index (Phi) is 5.43. The summed E-state index contributed by atoms with van der Waals surface area (Å²) in [5, 5.41) is 0. The quantitative estimate of drug-likeness (QED) is 0.711. The molecule has 0 aromatic rings. The Morgan fingerprint density at radius 2 is 1.22 bits per heavy atom. The summed E-state index contributed by atoms with van der Waals surface area (Å²) in [4.78, 5) is 15.9. The Bertz CT molecular complexity index is 374. The molecule has 98 valence electrons. The maximum absolute atomic E-state index is 12.0. The summed E-state index contributed by atoms with van der Waals surface area (Å²) in [5.74, 6) is 0.182. The molecule has 0 aromatic heterocycles. The van der Waals surface area contributed by atoms with Crippen molar-refractivity contribution in [1.29, 1.82) is 0 Å². The second-order valence-corrected chi connectivity index (χ2v) is 4.82. The highest BCUT2D eigenvalue weighted by atomic mass is 16.1. The summed E-state index contributed by atoms with van der Waals surface area (Å²) in [6, 6.07) is 0. The van der Waals surface area contributed by atoms with E-state index in [0.29, 0.717) is 0 Å². The molecule has 1 aliphatic carbocycles. The van der Waals surface area contributed by atoms with Gasteiger partial charge in [0, 0.05) is 39.3 Å². The van der Waals surface area contributed by atoms with Gasteiger partial charge in [-0.2, -0.15) is 0 Å². The molecule has 1 rings (SSSR count). The molecule has 0 saturated heterocycles. The van der Waals surface area contributed by atoms with Gasteiger partial charge in [-0.05, 0) is 37.4 Å². The van der Waals surface area contributed by atoms with E-state index in [0.717, 1.165) is 24.0 Å². The van der Waals surface area contributed by atoms with Crippen molar-refractivity contribution in [3.8, 4) is 0 Å². The van der Waals surface area contributed by atoms with Gasteiger partial charge < -0.3 is 9.80 Å². The largest absolute Gasteiger partial charge is 0.383 e. The van der Waals surface area contributed by atoms with Gasteiger partial charge in [0.05, 0.1) is 0 Å². The number of ketones is 1. The summed E-state index contributed by atoms with van der Waals surface area (Å²) in [6.07, 6.45) is 13.2. The lowest BCUT2D eigenvalue weighted by Crippen LogP contribution is -2.00. The van der Waals surface area contributed by atoms with Gasteiger partial charge in [0.2, 0.25) is 0 Å². The Morgan fingerprint density at radius 3 is 1.56 bits per heavy atom. The van der Waals surface area contributed by atoms with E-state index in [2.05, 4.69) is 0 Å². The third-order valence-electron chi connectivity index (χ3n) is 2.61. The average molecular weight is 246 g/mol. The molecule has 1 fully saturated rings. The number of carbonyl (C=O) groups excluding carboxylic acids is 1. The Morgan fingerprint density at radius 1 is 0.833 bits per heavy atom. The fourth-order valence-electron chi connectivity index (χ4n) is 1.68. The molecule has 3 nitrogen and oxygen atoms in total. The lowest BCUT2D eigenvalue weighted by molar-refractivity contribution is -0.111. The molecule has 1 aliphatic rings. The molecule has 0 unspecified atom stereocenters. The van der Waals surface area contributed by atoms with E-state index in [9.17, 15) is 4.79 Å². The molecule has 0 N–H and O–H groups in total. The lowest BCUT2D eigenvalue weighted by Gasteiger charge is -2.01. The van der Waals surface area contributed by atoms with Crippen LogP contribution in [0.3, 0.4) is 0 Å². The van der Waals surface area contributed by atoms with Gasteiger partial charge in [-0.3, -0.25) is 4.79 Å². The van der Waals surface area contributed by atoms with Crippen LogP contribution in [-0.4, -0.2) is 43.8 Å². The molecule has 0 amide bonds. The smallest absolute Gasteiger partial charge is 0.185 e. The first-order chi connectivity index (χ1) is 8.50. The Hall–Kier alpha value is -1.77. The third kappa shape index (κ3) is 4.62. The van der Waals surface area contributed by atoms with Crippen LogP contribution in [-0.2, 0) is 4.79 Å². The SMILES string of the molecule is CN(C)C=CC=C1CCC(=CC=CN(C)C)C1=O. The number of hydrogen-bond donors (Lipinski definition) is 0. The zero-order valence-electron chi connectivity index (χ0n) is 11.7. The molecule has 0 radical (unpaired) electrons. The Labute approximate surface area is 110 Å². The highest BCUT2D eigenvalue weighted by molar-refractivity contribution is 6.10. The normalized spacial score (nSPS) is 20.8. The first-order valence-electron chi connectivity index (χ1n) is 6.13. The van der Waals surface area contributed by atoms with E-state index in [1.807, 2.05) is 74.7 Å². The van der Waals surface area contributed by atoms with Crippen molar-refractivity contribution in [1.82, 2.24) is 9.80 Å². The van der Waals surface area contributed by atoms with Crippen molar-refractivity contribution in [3.05, 3.63) is 47.9 Å². The van der Waals surface area contributed by atoms with Crippen LogP contribution >= 0.6 is 0 Å². The minimum atomic E-state index is 0.182. The van der Waals surface area contributed by atoms with Gasteiger partial charge in [0.25, 0.3) is 0 Å². The van der Waals surface area contributed by atoms with E-state index < -0.39 is 0 Å². The molecule has 0 atom stereocenters. The number of carbonyl (C=O) groups is 1. The van der Waals surface area contributed by atoms with E-state index >= 15 is 0 Å². The maximum atomic E-state index is 12.0. The van der Waals surface area contributed by atoms with E-state index in [4.69, 9.17) is 0 Å². The Balaban J connectivity index is 2.67. The average Bonchev–Trinajstić information content (AvgIpc) is 2.60. The van der Waals surface area contributed by atoms with Crippen molar-refractivity contribution in [3.63, 3.8) is 0 Å². The molecule has 0 aliphatic heterocycles. The minimum absolute atomic E-state index is 0.182. The van der Waals surface area contributed by atoms with E-state index in [1.165, 1.54) is 0 Å². The van der Waals surface area contributed by atoms with E-state index in [1.54, 1.807) is 0 Å². The summed E-state index contributed by atoms with van der Waals surface area (Å²) < 4.78 is 0. The summed E-state index contributed by atoms with van der Waals surface area (Å²) in [5.41, 5.74) is 1.80. The van der Waals surface area contributed by atoms with Crippen LogP contribution in [0.25, 0.3) is 0 Å². The second kappa shape index (κ2) is 6.84. The summed E-state index contributed by atoms with van der Waals surface area (Å²) in [6.45, 7) is 0. The van der Waals surface area contributed by atoms with Crippen LogP contribution in [0.5, 0.6) is 0 Å². The van der Waals surface area contributed by atoms with E-state index in [-0.39, 0.29) is 5.78 Å². The summed E-state index contributed by atoms with van der Waals surface area (Å²) >= 11 is 0. The van der Waals surface area contributed by atoms with Crippen molar-refractivity contribution in [2.45, 2.75) is 12.8 Å². The molecular weight excluding hydrogens is 224 g/mol. The van der Waals surface area contributed by atoms with Crippen LogP contribution < -0.4 is 0 Å². The standard InChI is InChI=1S/C15H22N2O/c1-16(2)11-5-7-13-9-10-14(15(13)18)8-6-12-17(3)4/h5-8,11-12H,9-10H2,1-4H3. The molecule has 3 heteroatoms. The monoisotopic (exact) mass is 246 g/mol. The number of hydrogen-bond acceptors (Lipinski definition) is 3. The van der Waals surface area contributed by atoms with Crippen molar-refractivity contribution < 1.29 is 4.79 Å². The first-order valence-corrected chi connectivity index (χ1v) is 6.13. The van der Waals surface area contributed by atoms with Crippen molar-refractivity contribution >= 4 is 5.78 Å². The molecule has 0 bridgehead atoms. The fraction of sp³-hybridized carbons (Fsp3) is 0.400. The topological polar surface area (TPSA) is 23.6 Å². The van der Waals surface area contributed by atoms with Crippen LogP contribution in [0.15, 0.2) is 47.9 Å². The molecule has 1 saturated carbocycles. The van der Waals surface area contributed by atoms with Crippen LogP contribution in [0.4, 0.5) is 0 Å². The molecular formula is C15H22N2O. The van der Waals surface area contributed by atoms with Gasteiger partial charge in [0.15, 0.2) is 5.78 Å². The zero-order valence-corrected chi connectivity index (χ0v) is 11.7. The second-order valence-electron chi connectivity index (χ2n) is 4.82. The molecule has 0 aromatic carbocycles. The molecule has 18 heavy (non-hydrogen) atoms. The van der Waals surface area contributed by atoms with Crippen molar-refractivity contribution in [2.75, 3.05) is 28.2 Å². The minimum Gasteiger partial charge on any atom is -0.383 e. The van der Waals surface area contributed by atoms with Crippen LogP contribution in [0.2, 0.25) is 0 Å². The van der Waals surface area contributed by atoms with Gasteiger partial charge in [-0.1, -0.05) is 12.2 Å². The van der Waals surface area contributed by atoms with Gasteiger partial charge in [0.1, 0.15) is 0 Å². The molecule has 0 spiro atoms. The zero-order chi connectivity index (χ0) is 13.5. The predicted molar refractivity (Wildman–Crippen MR) is 76.1 cm³/mol. The highest BCUT2D eigenvalue weighted by Gasteiger charge is 2.21. The first kappa shape index (κ1) is 14.3. The predicted octanol–water partition coefficient (Wildman–Crippen LogP) is 2.35. The molecule has 0 heterocycles. The fourth-order valence-corrected chi connectivity index (χ4v) is 1.68. The number of rotatable bonds is 4. The van der Waals surface area contributed by atoms with Crippen LogP contribution in [0, 0.1) is 0 Å². The lowest BCUT2D eigenvalue weighted by atomic mass is 10.1. The van der Waals surface area contributed by atoms with Crippen LogP contribution in [0.1, 0.15) is 12.8 Å². The number of Topliss-reactive ketones (excluding diaryl/α,β-unsaturated/α-hetero) is 1. The van der Waals surface area contributed by atoms with Gasteiger partial charge in [-0.15, -0.1) is 0 Å². The summed E-state index contributed by atoms with van der Waals surface area (Å²) in [7, 11) is 7.84. The third-order valence-corrected chi connectivity index (χ3v) is 2.61.